The number of nitrogens with one attached hydrogen (secondary N) is 2. The fourth-order valence-corrected chi connectivity index (χ4v) is 3.35. The highest BCUT2D eigenvalue weighted by atomic mass is 16.5. The first-order chi connectivity index (χ1) is 15.4. The highest BCUT2D eigenvalue weighted by Gasteiger charge is 2.32. The van der Waals surface area contributed by atoms with Crippen molar-refractivity contribution in [3.63, 3.8) is 0 Å². The van der Waals surface area contributed by atoms with Crippen LogP contribution in [-0.4, -0.2) is 51.3 Å². The van der Waals surface area contributed by atoms with Crippen LogP contribution < -0.4 is 31.7 Å². The number of methoxy groups -OCH3 is 1. The molecule has 0 aromatic heterocycles. The van der Waals surface area contributed by atoms with E-state index in [9.17, 15) is 9.59 Å². The van der Waals surface area contributed by atoms with E-state index < -0.39 is 5.91 Å². The topological polar surface area (TPSA) is 135 Å². The van der Waals surface area contributed by atoms with Crippen LogP contribution in [0.4, 0.5) is 17.1 Å². The normalized spacial score (nSPS) is 16.8. The van der Waals surface area contributed by atoms with Crippen LogP contribution in [0.3, 0.4) is 0 Å². The summed E-state index contributed by atoms with van der Waals surface area (Å²) < 4.78 is 5.16. The molecule has 0 unspecified atom stereocenters. The molecule has 32 heavy (non-hydrogen) atoms. The SMILES string of the molecule is CNCCNc1ccc(N2CCC(=C(N)C(N)=O)C(=Nc3ccc(OC)cc3)C2=O)cc1. The molecule has 0 saturated carbocycles. The lowest BCUT2D eigenvalue weighted by atomic mass is 9.97. The van der Waals surface area contributed by atoms with Gasteiger partial charge in [-0.15, -0.1) is 0 Å². The molecule has 9 nitrogen and oxygen atoms in total. The molecule has 168 valence electrons. The Kier molecular flexibility index (Phi) is 7.45. The van der Waals surface area contributed by atoms with E-state index in [0.717, 1.165) is 24.5 Å². The van der Waals surface area contributed by atoms with Gasteiger partial charge in [0.1, 0.15) is 17.2 Å². The Labute approximate surface area is 187 Å². The molecule has 1 saturated heterocycles. The molecule has 1 heterocycles. The summed E-state index contributed by atoms with van der Waals surface area (Å²) in [5.41, 5.74) is 13.9. The fourth-order valence-electron chi connectivity index (χ4n) is 3.35. The number of aliphatic imine (C=N–C) groups is 1. The highest BCUT2D eigenvalue weighted by molar-refractivity contribution is 6.51. The Morgan fingerprint density at radius 1 is 1.09 bits per heavy atom. The number of hydrogen-bond acceptors (Lipinski definition) is 7. The predicted molar refractivity (Wildman–Crippen MR) is 126 cm³/mol. The minimum Gasteiger partial charge on any atom is -0.497 e. The van der Waals surface area contributed by atoms with Gasteiger partial charge in [0.05, 0.1) is 12.8 Å². The zero-order valence-electron chi connectivity index (χ0n) is 18.2. The van der Waals surface area contributed by atoms with Crippen LogP contribution in [0.5, 0.6) is 5.75 Å². The number of carbonyl (C=O) groups excluding carboxylic acids is 2. The summed E-state index contributed by atoms with van der Waals surface area (Å²) in [6, 6.07) is 14.5. The summed E-state index contributed by atoms with van der Waals surface area (Å²) in [6.45, 7) is 1.99. The number of benzene rings is 2. The monoisotopic (exact) mass is 436 g/mol. The first-order valence-electron chi connectivity index (χ1n) is 10.3. The van der Waals surface area contributed by atoms with Gasteiger partial charge < -0.3 is 31.7 Å². The lowest BCUT2D eigenvalue weighted by Crippen LogP contribution is -2.44. The number of rotatable bonds is 8. The number of ether oxygens (including phenoxy) is 1. The minimum absolute atomic E-state index is 0.105. The van der Waals surface area contributed by atoms with Gasteiger partial charge >= 0.3 is 0 Å². The maximum atomic E-state index is 13.4. The first-order valence-corrected chi connectivity index (χ1v) is 10.3. The zero-order valence-corrected chi connectivity index (χ0v) is 18.2. The van der Waals surface area contributed by atoms with Crippen molar-refractivity contribution >= 4 is 34.6 Å². The summed E-state index contributed by atoms with van der Waals surface area (Å²) >= 11 is 0. The van der Waals surface area contributed by atoms with Gasteiger partial charge in [-0.25, -0.2) is 4.99 Å². The third kappa shape index (κ3) is 5.25. The van der Waals surface area contributed by atoms with E-state index in [1.165, 1.54) is 0 Å². The number of piperidine rings is 1. The van der Waals surface area contributed by atoms with E-state index in [1.54, 1.807) is 36.3 Å². The van der Waals surface area contributed by atoms with Crippen molar-refractivity contribution in [2.45, 2.75) is 6.42 Å². The van der Waals surface area contributed by atoms with Gasteiger partial charge in [-0.1, -0.05) is 0 Å². The number of anilines is 2. The third-order valence-corrected chi connectivity index (χ3v) is 5.11. The second kappa shape index (κ2) is 10.5. The van der Waals surface area contributed by atoms with E-state index in [-0.39, 0.29) is 17.3 Å². The second-order valence-electron chi connectivity index (χ2n) is 7.20. The van der Waals surface area contributed by atoms with Gasteiger partial charge in [-0.2, -0.15) is 0 Å². The van der Waals surface area contributed by atoms with Crippen molar-refractivity contribution in [1.29, 1.82) is 0 Å². The van der Waals surface area contributed by atoms with E-state index >= 15 is 0 Å². The molecule has 1 fully saturated rings. The molecular weight excluding hydrogens is 408 g/mol. The number of hydrogen-bond donors (Lipinski definition) is 4. The number of nitrogens with two attached hydrogens (primary N) is 2. The third-order valence-electron chi connectivity index (χ3n) is 5.11. The highest BCUT2D eigenvalue weighted by Crippen LogP contribution is 2.27. The Balaban J connectivity index is 1.92. The maximum Gasteiger partial charge on any atom is 0.277 e. The lowest BCUT2D eigenvalue weighted by molar-refractivity contribution is -0.114. The molecule has 2 aromatic rings. The van der Waals surface area contributed by atoms with E-state index in [0.29, 0.717) is 30.0 Å². The summed E-state index contributed by atoms with van der Waals surface area (Å²) in [5, 5.41) is 6.37. The Hall–Kier alpha value is -3.85. The predicted octanol–water partition coefficient (Wildman–Crippen LogP) is 1.53. The van der Waals surface area contributed by atoms with Crippen LogP contribution in [0.1, 0.15) is 6.42 Å². The summed E-state index contributed by atoms with van der Waals surface area (Å²) in [4.78, 5) is 31.2. The maximum absolute atomic E-state index is 13.4. The van der Waals surface area contributed by atoms with Gasteiger partial charge in [0.15, 0.2) is 0 Å². The Bertz CT molecular complexity index is 1030. The van der Waals surface area contributed by atoms with E-state index in [2.05, 4.69) is 15.6 Å². The van der Waals surface area contributed by atoms with Crippen molar-refractivity contribution in [3.05, 3.63) is 59.8 Å². The fraction of sp³-hybridized carbons (Fsp3) is 0.261. The summed E-state index contributed by atoms with van der Waals surface area (Å²) in [6.07, 6.45) is 0.359. The Morgan fingerprint density at radius 3 is 2.38 bits per heavy atom. The van der Waals surface area contributed by atoms with Gasteiger partial charge in [0.2, 0.25) is 0 Å². The standard InChI is InChI=1S/C23H28N6O3/c1-26-12-13-27-15-3-7-17(8-4-15)29-14-11-19(20(24)22(25)30)21(23(29)31)28-16-5-9-18(32-2)10-6-16/h3-10,26-27H,11-14,24H2,1-2H3,(H2,25,30). The van der Waals surface area contributed by atoms with Crippen LogP contribution in [0.15, 0.2) is 64.8 Å². The van der Waals surface area contributed by atoms with Gasteiger partial charge in [0.25, 0.3) is 11.8 Å². The number of primary amides is 1. The number of amides is 2. The summed E-state index contributed by atoms with van der Waals surface area (Å²) in [5.74, 6) is -0.454. The molecule has 0 bridgehead atoms. The van der Waals surface area contributed by atoms with E-state index in [1.807, 2.05) is 31.3 Å². The van der Waals surface area contributed by atoms with Crippen molar-refractivity contribution in [2.75, 3.05) is 44.0 Å². The van der Waals surface area contributed by atoms with Crippen molar-refractivity contribution < 1.29 is 14.3 Å². The zero-order chi connectivity index (χ0) is 23.1. The summed E-state index contributed by atoms with van der Waals surface area (Å²) in [7, 11) is 3.46. The van der Waals surface area contributed by atoms with Crippen LogP contribution in [0, 0.1) is 0 Å². The molecule has 0 aliphatic carbocycles. The second-order valence-corrected chi connectivity index (χ2v) is 7.20. The molecule has 2 amide bonds. The molecule has 9 heteroatoms. The molecule has 1 aliphatic heterocycles. The molecule has 0 radical (unpaired) electrons. The Morgan fingerprint density at radius 2 is 1.78 bits per heavy atom. The van der Waals surface area contributed by atoms with Crippen molar-refractivity contribution in [1.82, 2.24) is 5.32 Å². The van der Waals surface area contributed by atoms with Crippen LogP contribution in [-0.2, 0) is 9.59 Å². The van der Waals surface area contributed by atoms with Crippen LogP contribution in [0.25, 0.3) is 0 Å². The van der Waals surface area contributed by atoms with Crippen molar-refractivity contribution in [3.8, 4) is 5.75 Å². The average molecular weight is 437 g/mol. The molecule has 2 aromatic carbocycles. The lowest BCUT2D eigenvalue weighted by Gasteiger charge is -2.30. The molecule has 3 rings (SSSR count). The largest absolute Gasteiger partial charge is 0.497 e. The molecule has 0 atom stereocenters. The number of carbonyl (C=O) groups is 2. The van der Waals surface area contributed by atoms with Crippen LogP contribution in [0.2, 0.25) is 0 Å². The van der Waals surface area contributed by atoms with Gasteiger partial charge in [-0.05, 0) is 62.0 Å². The smallest absolute Gasteiger partial charge is 0.277 e. The molecule has 0 spiro atoms. The van der Waals surface area contributed by atoms with Crippen LogP contribution >= 0.6 is 0 Å². The van der Waals surface area contributed by atoms with Gasteiger partial charge in [-0.3, -0.25) is 9.59 Å². The average Bonchev–Trinajstić information content (AvgIpc) is 2.81. The number of nitrogens with zero attached hydrogens (tertiary/aromatic N) is 2. The molecule has 1 aliphatic rings. The molecule has 6 N–H and O–H groups in total. The number of likely N-dealkylation sites (N-methyl/N-ethyl adjacent to an activating group) is 1. The van der Waals surface area contributed by atoms with Gasteiger partial charge in [0, 0.05) is 36.6 Å². The van der Waals surface area contributed by atoms with Crippen molar-refractivity contribution in [2.24, 2.45) is 16.5 Å². The quantitative estimate of drug-likeness (QED) is 0.366. The van der Waals surface area contributed by atoms with E-state index in [4.69, 9.17) is 16.2 Å². The molecular formula is C23H28N6O3. The minimum atomic E-state index is -0.777. The first kappa shape index (κ1) is 22.8.